The molecule has 0 amide bonds. The van der Waals surface area contributed by atoms with Crippen molar-refractivity contribution in [1.82, 2.24) is 0 Å². The second kappa shape index (κ2) is 4.99. The van der Waals surface area contributed by atoms with Gasteiger partial charge in [0, 0.05) is 0 Å². The van der Waals surface area contributed by atoms with Gasteiger partial charge < -0.3 is 10.2 Å². The van der Waals surface area contributed by atoms with Gasteiger partial charge in [-0.3, -0.25) is 5.84 Å². The van der Waals surface area contributed by atoms with Crippen LogP contribution in [0, 0.1) is 0 Å². The lowest BCUT2D eigenvalue weighted by Gasteiger charge is -2.11. The zero-order chi connectivity index (χ0) is 9.68. The number of hydrogen-bond acceptors (Lipinski definition) is 4. The predicted octanol–water partition coefficient (Wildman–Crippen LogP) is 2.09. The zero-order valence-corrected chi connectivity index (χ0v) is 8.65. The van der Waals surface area contributed by atoms with Crippen LogP contribution in [0.25, 0.3) is 0 Å². The number of anilines is 1. The van der Waals surface area contributed by atoms with Gasteiger partial charge in [-0.25, -0.2) is 0 Å². The number of ether oxygens (including phenoxy) is 1. The number of rotatable bonds is 4. The highest BCUT2D eigenvalue weighted by atomic mass is 32.2. The fourth-order valence-corrected chi connectivity index (χ4v) is 1.78. The van der Waals surface area contributed by atoms with Gasteiger partial charge in [0.2, 0.25) is 0 Å². The minimum absolute atomic E-state index is 0.668. The van der Waals surface area contributed by atoms with Gasteiger partial charge in [-0.1, -0.05) is 6.07 Å². The molecule has 0 saturated carbocycles. The summed E-state index contributed by atoms with van der Waals surface area (Å²) in [5.74, 6) is 6.25. The first kappa shape index (κ1) is 10.2. The van der Waals surface area contributed by atoms with Crippen molar-refractivity contribution >= 4 is 17.4 Å². The van der Waals surface area contributed by atoms with Gasteiger partial charge in [0.15, 0.2) is 0 Å². The SMILES string of the molecule is CCOc1cccc(NN)c1SC. The van der Waals surface area contributed by atoms with Crippen molar-refractivity contribution in [2.24, 2.45) is 5.84 Å². The number of nitrogen functional groups attached to an aromatic ring is 1. The smallest absolute Gasteiger partial charge is 0.134 e. The van der Waals surface area contributed by atoms with E-state index in [1.807, 2.05) is 31.4 Å². The van der Waals surface area contributed by atoms with E-state index in [9.17, 15) is 0 Å². The minimum atomic E-state index is 0.668. The number of nitrogens with two attached hydrogens (primary N) is 1. The molecule has 0 aromatic heterocycles. The van der Waals surface area contributed by atoms with Crippen molar-refractivity contribution in [3.8, 4) is 5.75 Å². The van der Waals surface area contributed by atoms with Gasteiger partial charge in [-0.05, 0) is 25.3 Å². The Bertz CT molecular complexity index is 278. The lowest BCUT2D eigenvalue weighted by atomic mass is 10.3. The quantitative estimate of drug-likeness (QED) is 0.442. The molecule has 1 rings (SSSR count). The van der Waals surface area contributed by atoms with Gasteiger partial charge >= 0.3 is 0 Å². The van der Waals surface area contributed by atoms with Crippen LogP contribution in [0.1, 0.15) is 6.92 Å². The van der Waals surface area contributed by atoms with Crippen LogP contribution in [0.4, 0.5) is 5.69 Å². The molecule has 0 aliphatic heterocycles. The summed E-state index contributed by atoms with van der Waals surface area (Å²) >= 11 is 1.62. The van der Waals surface area contributed by atoms with Gasteiger partial charge in [0.1, 0.15) is 5.75 Å². The third kappa shape index (κ3) is 2.29. The normalized spacial score (nSPS) is 9.77. The summed E-state index contributed by atoms with van der Waals surface area (Å²) in [6.07, 6.45) is 2.00. The molecule has 0 bridgehead atoms. The highest BCUT2D eigenvalue weighted by molar-refractivity contribution is 7.98. The first-order valence-electron chi connectivity index (χ1n) is 4.09. The molecule has 13 heavy (non-hydrogen) atoms. The summed E-state index contributed by atoms with van der Waals surface area (Å²) in [7, 11) is 0. The fraction of sp³-hybridized carbons (Fsp3) is 0.333. The summed E-state index contributed by atoms with van der Waals surface area (Å²) < 4.78 is 5.45. The lowest BCUT2D eigenvalue weighted by molar-refractivity contribution is 0.332. The zero-order valence-electron chi connectivity index (χ0n) is 7.83. The van der Waals surface area contributed by atoms with Crippen LogP contribution in [0.2, 0.25) is 0 Å². The summed E-state index contributed by atoms with van der Waals surface area (Å²) in [5, 5.41) is 0. The van der Waals surface area contributed by atoms with Crippen LogP contribution in [0.15, 0.2) is 23.1 Å². The molecule has 3 N–H and O–H groups in total. The Hall–Kier alpha value is -0.870. The molecule has 0 aliphatic rings. The first-order valence-corrected chi connectivity index (χ1v) is 5.32. The van der Waals surface area contributed by atoms with E-state index in [0.29, 0.717) is 6.61 Å². The second-order valence-corrected chi connectivity index (χ2v) is 3.23. The summed E-state index contributed by atoms with van der Waals surface area (Å²) in [6.45, 7) is 2.63. The Morgan fingerprint density at radius 1 is 1.54 bits per heavy atom. The Balaban J connectivity index is 3.03. The Kier molecular flexibility index (Phi) is 3.92. The Morgan fingerprint density at radius 2 is 2.31 bits per heavy atom. The number of hydrogen-bond donors (Lipinski definition) is 2. The van der Waals surface area contributed by atoms with Crippen molar-refractivity contribution in [2.75, 3.05) is 18.3 Å². The van der Waals surface area contributed by atoms with Crippen LogP contribution in [-0.2, 0) is 0 Å². The van der Waals surface area contributed by atoms with E-state index in [0.717, 1.165) is 16.3 Å². The van der Waals surface area contributed by atoms with Gasteiger partial charge in [-0.2, -0.15) is 0 Å². The van der Waals surface area contributed by atoms with E-state index in [2.05, 4.69) is 5.43 Å². The molecular formula is C9H14N2OS. The van der Waals surface area contributed by atoms with E-state index in [1.54, 1.807) is 11.8 Å². The average molecular weight is 198 g/mol. The van der Waals surface area contributed by atoms with E-state index < -0.39 is 0 Å². The molecule has 0 unspecified atom stereocenters. The lowest BCUT2D eigenvalue weighted by Crippen LogP contribution is -2.08. The van der Waals surface area contributed by atoms with Crippen LogP contribution in [-0.4, -0.2) is 12.9 Å². The molecule has 4 heteroatoms. The van der Waals surface area contributed by atoms with Crippen LogP contribution < -0.4 is 16.0 Å². The highest BCUT2D eigenvalue weighted by Crippen LogP contribution is 2.34. The maximum absolute atomic E-state index is 5.45. The molecule has 0 heterocycles. The standard InChI is InChI=1S/C9H14N2OS/c1-3-12-8-6-4-5-7(11-10)9(8)13-2/h4-6,11H,3,10H2,1-2H3. The Morgan fingerprint density at radius 3 is 2.85 bits per heavy atom. The topological polar surface area (TPSA) is 47.3 Å². The number of hydrazine groups is 1. The van der Waals surface area contributed by atoms with Crippen LogP contribution in [0.3, 0.4) is 0 Å². The summed E-state index contributed by atoms with van der Waals surface area (Å²) in [4.78, 5) is 1.05. The number of benzene rings is 1. The third-order valence-corrected chi connectivity index (χ3v) is 2.47. The van der Waals surface area contributed by atoms with E-state index in [-0.39, 0.29) is 0 Å². The van der Waals surface area contributed by atoms with Gasteiger partial charge in [0.25, 0.3) is 0 Å². The van der Waals surface area contributed by atoms with Crippen molar-refractivity contribution < 1.29 is 4.74 Å². The molecule has 0 fully saturated rings. The third-order valence-electron chi connectivity index (χ3n) is 1.64. The monoisotopic (exact) mass is 198 g/mol. The first-order chi connectivity index (χ1) is 6.33. The van der Waals surface area contributed by atoms with Crippen molar-refractivity contribution in [3.63, 3.8) is 0 Å². The molecule has 0 atom stereocenters. The highest BCUT2D eigenvalue weighted by Gasteiger charge is 2.06. The Labute approximate surface area is 82.6 Å². The minimum Gasteiger partial charge on any atom is -0.493 e. The van der Waals surface area contributed by atoms with Crippen molar-refractivity contribution in [2.45, 2.75) is 11.8 Å². The molecule has 0 aliphatic carbocycles. The fourth-order valence-electron chi connectivity index (χ4n) is 1.11. The molecule has 1 aromatic rings. The molecule has 0 saturated heterocycles. The average Bonchev–Trinajstić information content (AvgIpc) is 2.18. The number of thioether (sulfide) groups is 1. The second-order valence-electron chi connectivity index (χ2n) is 2.41. The molecule has 72 valence electrons. The van der Waals surface area contributed by atoms with Crippen LogP contribution >= 0.6 is 11.8 Å². The van der Waals surface area contributed by atoms with Gasteiger partial charge in [-0.15, -0.1) is 11.8 Å². The van der Waals surface area contributed by atoms with Crippen molar-refractivity contribution in [3.05, 3.63) is 18.2 Å². The molecule has 1 aromatic carbocycles. The summed E-state index contributed by atoms with van der Waals surface area (Å²) in [6, 6.07) is 5.78. The van der Waals surface area contributed by atoms with Gasteiger partial charge in [0.05, 0.1) is 17.2 Å². The molecule has 0 spiro atoms. The largest absolute Gasteiger partial charge is 0.493 e. The van der Waals surface area contributed by atoms with Crippen LogP contribution in [0.5, 0.6) is 5.75 Å². The van der Waals surface area contributed by atoms with E-state index in [1.165, 1.54) is 0 Å². The molecule has 0 radical (unpaired) electrons. The maximum atomic E-state index is 5.45. The predicted molar refractivity (Wildman–Crippen MR) is 57.2 cm³/mol. The summed E-state index contributed by atoms with van der Waals surface area (Å²) in [5.41, 5.74) is 3.55. The van der Waals surface area contributed by atoms with E-state index in [4.69, 9.17) is 10.6 Å². The van der Waals surface area contributed by atoms with E-state index >= 15 is 0 Å². The number of nitrogens with one attached hydrogen (secondary N) is 1. The van der Waals surface area contributed by atoms with Crippen molar-refractivity contribution in [1.29, 1.82) is 0 Å². The molecule has 3 nitrogen and oxygen atoms in total. The maximum Gasteiger partial charge on any atom is 0.134 e. The molecular weight excluding hydrogens is 184 g/mol.